The summed E-state index contributed by atoms with van der Waals surface area (Å²) in [5.41, 5.74) is 1.82. The van der Waals surface area contributed by atoms with Gasteiger partial charge in [0.15, 0.2) is 5.69 Å². The van der Waals surface area contributed by atoms with E-state index in [9.17, 15) is 0 Å². The molecule has 0 bridgehead atoms. The molecule has 28 heavy (non-hydrogen) atoms. The quantitative estimate of drug-likeness (QED) is 0.712. The van der Waals surface area contributed by atoms with Crippen LogP contribution in [-0.2, 0) is 5.54 Å². The Morgan fingerprint density at radius 2 is 2.11 bits per heavy atom. The normalized spacial score (nSPS) is 29.4. The highest BCUT2D eigenvalue weighted by atomic mass is 16.4. The van der Waals surface area contributed by atoms with Crippen LogP contribution in [0.2, 0.25) is 0 Å². The molecule has 3 fully saturated rings. The van der Waals surface area contributed by atoms with Crippen LogP contribution < -0.4 is 5.32 Å². The summed E-state index contributed by atoms with van der Waals surface area (Å²) in [7, 11) is 0. The predicted molar refractivity (Wildman–Crippen MR) is 107 cm³/mol. The number of fused-ring (bicyclic) bond motifs is 2. The summed E-state index contributed by atoms with van der Waals surface area (Å²) in [4.78, 5) is 0. The summed E-state index contributed by atoms with van der Waals surface area (Å²) in [6, 6.07) is 9.15. The van der Waals surface area contributed by atoms with E-state index in [-0.39, 0.29) is 11.6 Å². The van der Waals surface area contributed by atoms with Gasteiger partial charge in [0.2, 0.25) is 5.89 Å². The Balaban J connectivity index is 1.30. The van der Waals surface area contributed by atoms with E-state index in [0.717, 1.165) is 34.8 Å². The van der Waals surface area contributed by atoms with Gasteiger partial charge in [-0.1, -0.05) is 37.5 Å². The molecule has 6 rings (SSSR count). The standard InChI is InChI=1S/C22H27N5O/c1-13(2)27-18-9-4-3-8-17(18)19(26-27)20-24-25-21(28-20)22-12-15(22)11-16(23-22)10-14-6-5-7-14/h3-4,8-9,13-16,23H,5-7,10-12H2,1-2H3. The van der Waals surface area contributed by atoms with E-state index in [0.29, 0.717) is 17.9 Å². The third-order valence-corrected chi connectivity index (χ3v) is 7.09. The van der Waals surface area contributed by atoms with Crippen molar-refractivity contribution >= 4 is 10.9 Å². The van der Waals surface area contributed by atoms with Crippen molar-refractivity contribution in [2.24, 2.45) is 11.8 Å². The van der Waals surface area contributed by atoms with Crippen molar-refractivity contribution < 1.29 is 4.42 Å². The van der Waals surface area contributed by atoms with Gasteiger partial charge in [-0.3, -0.25) is 4.68 Å². The van der Waals surface area contributed by atoms with Crippen LogP contribution in [0.4, 0.5) is 0 Å². The highest BCUT2D eigenvalue weighted by molar-refractivity contribution is 5.91. The fraction of sp³-hybridized carbons (Fsp3) is 0.591. The van der Waals surface area contributed by atoms with Gasteiger partial charge in [0.1, 0.15) is 5.54 Å². The van der Waals surface area contributed by atoms with Gasteiger partial charge in [0, 0.05) is 17.5 Å². The third-order valence-electron chi connectivity index (χ3n) is 7.09. The molecule has 3 aliphatic rings. The van der Waals surface area contributed by atoms with Gasteiger partial charge in [-0.15, -0.1) is 10.2 Å². The average Bonchev–Trinajstić information content (AvgIpc) is 3.06. The van der Waals surface area contributed by atoms with E-state index in [1.165, 1.54) is 32.1 Å². The molecule has 1 N–H and O–H groups in total. The molecule has 3 atom stereocenters. The van der Waals surface area contributed by atoms with E-state index in [2.05, 4.69) is 41.5 Å². The number of aromatic nitrogens is 4. The molecule has 6 heteroatoms. The van der Waals surface area contributed by atoms with Crippen molar-refractivity contribution in [3.05, 3.63) is 30.2 Å². The lowest BCUT2D eigenvalue weighted by molar-refractivity contribution is 0.253. The monoisotopic (exact) mass is 377 g/mol. The first-order chi connectivity index (χ1) is 13.6. The lowest BCUT2D eigenvalue weighted by Gasteiger charge is -2.29. The second-order valence-electron chi connectivity index (χ2n) is 9.30. The van der Waals surface area contributed by atoms with E-state index in [4.69, 9.17) is 9.52 Å². The Morgan fingerprint density at radius 3 is 2.89 bits per heavy atom. The molecule has 1 aliphatic heterocycles. The second-order valence-corrected chi connectivity index (χ2v) is 9.30. The van der Waals surface area contributed by atoms with Crippen LogP contribution in [0.15, 0.2) is 28.7 Å². The number of benzene rings is 1. The first-order valence-electron chi connectivity index (χ1n) is 10.7. The summed E-state index contributed by atoms with van der Waals surface area (Å²) in [6.07, 6.45) is 7.91. The number of nitrogens with one attached hydrogen (secondary N) is 1. The Morgan fingerprint density at radius 1 is 1.25 bits per heavy atom. The summed E-state index contributed by atoms with van der Waals surface area (Å²) < 4.78 is 8.27. The minimum absolute atomic E-state index is 0.0733. The Hall–Kier alpha value is -2.21. The number of hydrogen-bond donors (Lipinski definition) is 1. The highest BCUT2D eigenvalue weighted by Gasteiger charge is 2.64. The first-order valence-corrected chi connectivity index (χ1v) is 10.7. The summed E-state index contributed by atoms with van der Waals surface area (Å²) >= 11 is 0. The maximum Gasteiger partial charge on any atom is 0.268 e. The molecule has 0 radical (unpaired) electrons. The SMILES string of the molecule is CC(C)n1nc(-c2nnc(C34CC3CC(CC3CCC3)N4)o2)c2ccccc21. The van der Waals surface area contributed by atoms with Gasteiger partial charge >= 0.3 is 0 Å². The predicted octanol–water partition coefficient (Wildman–Crippen LogP) is 4.43. The molecule has 3 unspecified atom stereocenters. The molecular formula is C22H27N5O. The minimum Gasteiger partial charge on any atom is -0.417 e. The van der Waals surface area contributed by atoms with E-state index < -0.39 is 0 Å². The van der Waals surface area contributed by atoms with Crippen LogP contribution in [0.25, 0.3) is 22.5 Å². The zero-order chi connectivity index (χ0) is 18.9. The summed E-state index contributed by atoms with van der Waals surface area (Å²) in [5.74, 6) is 2.87. The lowest BCUT2D eigenvalue weighted by atomic mass is 9.80. The average molecular weight is 377 g/mol. The van der Waals surface area contributed by atoms with Crippen LogP contribution in [0.1, 0.15) is 64.3 Å². The van der Waals surface area contributed by atoms with E-state index >= 15 is 0 Å². The Kier molecular flexibility index (Phi) is 3.52. The summed E-state index contributed by atoms with van der Waals surface area (Å²) in [6.45, 7) is 4.28. The van der Waals surface area contributed by atoms with Crippen molar-refractivity contribution in [3.63, 3.8) is 0 Å². The van der Waals surface area contributed by atoms with Crippen molar-refractivity contribution in [1.82, 2.24) is 25.3 Å². The largest absolute Gasteiger partial charge is 0.417 e. The Labute approximate surface area is 164 Å². The fourth-order valence-electron chi connectivity index (χ4n) is 5.31. The number of para-hydroxylation sites is 1. The molecule has 1 saturated heterocycles. The molecule has 2 aromatic heterocycles. The molecule has 2 saturated carbocycles. The van der Waals surface area contributed by atoms with Crippen LogP contribution in [0, 0.1) is 11.8 Å². The third kappa shape index (κ3) is 2.40. The minimum atomic E-state index is -0.0733. The molecule has 6 nitrogen and oxygen atoms in total. The molecule has 0 amide bonds. The Bertz CT molecular complexity index is 1030. The fourth-order valence-corrected chi connectivity index (χ4v) is 5.31. The number of nitrogens with zero attached hydrogens (tertiary/aromatic N) is 4. The summed E-state index contributed by atoms with van der Waals surface area (Å²) in [5, 5.41) is 18.6. The molecule has 0 spiro atoms. The van der Waals surface area contributed by atoms with Gasteiger partial charge in [-0.25, -0.2) is 0 Å². The van der Waals surface area contributed by atoms with Gasteiger partial charge in [-0.05, 0) is 51.0 Å². The van der Waals surface area contributed by atoms with Crippen molar-refractivity contribution in [2.45, 2.75) is 70.0 Å². The zero-order valence-electron chi connectivity index (χ0n) is 16.6. The van der Waals surface area contributed by atoms with Crippen molar-refractivity contribution in [2.75, 3.05) is 0 Å². The molecular weight excluding hydrogens is 350 g/mol. The van der Waals surface area contributed by atoms with E-state index in [1.807, 2.05) is 16.8 Å². The lowest BCUT2D eigenvalue weighted by Crippen LogP contribution is -2.35. The zero-order valence-corrected chi connectivity index (χ0v) is 16.6. The van der Waals surface area contributed by atoms with Crippen LogP contribution in [0.3, 0.4) is 0 Å². The van der Waals surface area contributed by atoms with Crippen LogP contribution in [0.5, 0.6) is 0 Å². The van der Waals surface area contributed by atoms with Crippen LogP contribution >= 0.6 is 0 Å². The smallest absolute Gasteiger partial charge is 0.268 e. The number of piperidine rings is 1. The maximum atomic E-state index is 6.23. The molecule has 3 aromatic rings. The first kappa shape index (κ1) is 16.7. The van der Waals surface area contributed by atoms with Crippen LogP contribution in [-0.4, -0.2) is 26.0 Å². The van der Waals surface area contributed by atoms with Crippen molar-refractivity contribution in [3.8, 4) is 11.6 Å². The molecule has 146 valence electrons. The molecule has 1 aromatic carbocycles. The van der Waals surface area contributed by atoms with Gasteiger partial charge < -0.3 is 9.73 Å². The number of hydrogen-bond acceptors (Lipinski definition) is 5. The molecule has 2 aliphatic carbocycles. The second kappa shape index (κ2) is 5.89. The van der Waals surface area contributed by atoms with Crippen molar-refractivity contribution in [1.29, 1.82) is 0 Å². The molecule has 3 heterocycles. The highest BCUT2D eigenvalue weighted by Crippen LogP contribution is 2.59. The maximum absolute atomic E-state index is 6.23. The van der Waals surface area contributed by atoms with Gasteiger partial charge in [0.05, 0.1) is 5.52 Å². The topological polar surface area (TPSA) is 68.8 Å². The van der Waals surface area contributed by atoms with E-state index in [1.54, 1.807) is 0 Å². The van der Waals surface area contributed by atoms with Gasteiger partial charge in [0.25, 0.3) is 5.89 Å². The van der Waals surface area contributed by atoms with Gasteiger partial charge in [-0.2, -0.15) is 5.10 Å². The number of rotatable bonds is 5.